The van der Waals surface area contributed by atoms with Gasteiger partial charge < -0.3 is 5.32 Å². The quantitative estimate of drug-likeness (QED) is 0.783. The molecule has 0 aliphatic rings. The average Bonchev–Trinajstić information content (AvgIpc) is 2.74. The Labute approximate surface area is 116 Å². The van der Waals surface area contributed by atoms with Crippen LogP contribution in [0.25, 0.3) is 10.9 Å². The fourth-order valence-corrected chi connectivity index (χ4v) is 3.04. The Morgan fingerprint density at radius 3 is 2.79 bits per heavy atom. The van der Waals surface area contributed by atoms with Crippen molar-refractivity contribution in [2.75, 3.05) is 5.32 Å². The van der Waals surface area contributed by atoms with E-state index >= 15 is 0 Å². The van der Waals surface area contributed by atoms with Gasteiger partial charge in [-0.05, 0) is 26.0 Å². The second-order valence-corrected chi connectivity index (χ2v) is 5.76. The maximum Gasteiger partial charge on any atom is 0.0933 e. The molecular formula is C15H15N3S. The Hall–Kier alpha value is -1.94. The average molecular weight is 269 g/mol. The summed E-state index contributed by atoms with van der Waals surface area (Å²) >= 11 is 1.74. The van der Waals surface area contributed by atoms with Crippen molar-refractivity contribution in [1.82, 2.24) is 9.97 Å². The first kappa shape index (κ1) is 12.1. The van der Waals surface area contributed by atoms with Crippen molar-refractivity contribution in [2.45, 2.75) is 20.4 Å². The number of anilines is 1. The van der Waals surface area contributed by atoms with Crippen LogP contribution in [-0.4, -0.2) is 9.97 Å². The molecule has 0 amide bonds. The number of thiazole rings is 1. The molecule has 0 spiro atoms. The van der Waals surface area contributed by atoms with Gasteiger partial charge >= 0.3 is 0 Å². The minimum atomic E-state index is 0.799. The third-order valence-electron chi connectivity index (χ3n) is 3.07. The summed E-state index contributed by atoms with van der Waals surface area (Å²) in [6.07, 6.45) is 1.83. The Balaban J connectivity index is 1.88. The lowest BCUT2D eigenvalue weighted by Gasteiger charge is -2.08. The minimum Gasteiger partial charge on any atom is -0.378 e. The first-order chi connectivity index (χ1) is 9.24. The van der Waals surface area contributed by atoms with E-state index < -0.39 is 0 Å². The van der Waals surface area contributed by atoms with Gasteiger partial charge in [0.05, 0.1) is 28.5 Å². The van der Waals surface area contributed by atoms with Gasteiger partial charge in [0.15, 0.2) is 0 Å². The summed E-state index contributed by atoms with van der Waals surface area (Å²) in [5.41, 5.74) is 3.20. The minimum absolute atomic E-state index is 0.799. The molecule has 0 aliphatic carbocycles. The third-order valence-corrected chi connectivity index (χ3v) is 4.14. The highest BCUT2D eigenvalue weighted by molar-refractivity contribution is 7.11. The number of aromatic nitrogens is 2. The Morgan fingerprint density at radius 2 is 2.00 bits per heavy atom. The normalized spacial score (nSPS) is 10.8. The monoisotopic (exact) mass is 269 g/mol. The summed E-state index contributed by atoms with van der Waals surface area (Å²) in [5.74, 6) is 0. The van der Waals surface area contributed by atoms with Crippen molar-refractivity contribution in [3.8, 4) is 0 Å². The van der Waals surface area contributed by atoms with Crippen LogP contribution in [0.5, 0.6) is 0 Å². The predicted molar refractivity (Wildman–Crippen MR) is 80.7 cm³/mol. The number of benzene rings is 1. The highest BCUT2D eigenvalue weighted by Gasteiger charge is 2.06. The van der Waals surface area contributed by atoms with Gasteiger partial charge in [0, 0.05) is 16.5 Å². The number of pyridine rings is 1. The number of fused-ring (bicyclic) bond motifs is 1. The molecule has 0 aliphatic heterocycles. The first-order valence-corrected chi connectivity index (χ1v) is 7.06. The number of hydrogen-bond acceptors (Lipinski definition) is 4. The van der Waals surface area contributed by atoms with Gasteiger partial charge in [0.25, 0.3) is 0 Å². The van der Waals surface area contributed by atoms with Gasteiger partial charge in [-0.15, -0.1) is 11.3 Å². The van der Waals surface area contributed by atoms with Gasteiger partial charge in [-0.1, -0.05) is 18.2 Å². The number of aryl methyl sites for hydroxylation is 2. The molecule has 1 N–H and O–H groups in total. The topological polar surface area (TPSA) is 37.8 Å². The SMILES string of the molecule is Cc1nc(C)c(CNc2cccc3cccnc23)s1. The maximum absolute atomic E-state index is 4.45. The summed E-state index contributed by atoms with van der Waals surface area (Å²) < 4.78 is 0. The lowest BCUT2D eigenvalue weighted by Crippen LogP contribution is -2.00. The molecule has 19 heavy (non-hydrogen) atoms. The summed E-state index contributed by atoms with van der Waals surface area (Å²) in [6.45, 7) is 4.90. The van der Waals surface area contributed by atoms with Gasteiger partial charge in [0.1, 0.15) is 0 Å². The third kappa shape index (κ3) is 2.44. The molecule has 4 heteroatoms. The molecule has 0 atom stereocenters. The van der Waals surface area contributed by atoms with Crippen molar-refractivity contribution in [3.63, 3.8) is 0 Å². The maximum atomic E-state index is 4.45. The van der Waals surface area contributed by atoms with Crippen LogP contribution in [0.1, 0.15) is 15.6 Å². The van der Waals surface area contributed by atoms with Crippen LogP contribution < -0.4 is 5.32 Å². The molecule has 1 aromatic carbocycles. The standard InChI is InChI=1S/C15H15N3S/c1-10-14(19-11(2)18-10)9-17-13-7-3-5-12-6-4-8-16-15(12)13/h3-8,17H,9H2,1-2H3. The fraction of sp³-hybridized carbons (Fsp3) is 0.200. The summed E-state index contributed by atoms with van der Waals surface area (Å²) in [6, 6.07) is 10.2. The zero-order valence-electron chi connectivity index (χ0n) is 11.0. The zero-order chi connectivity index (χ0) is 13.2. The highest BCUT2D eigenvalue weighted by Crippen LogP contribution is 2.23. The van der Waals surface area contributed by atoms with Crippen LogP contribution in [0.3, 0.4) is 0 Å². The molecule has 0 saturated heterocycles. The summed E-state index contributed by atoms with van der Waals surface area (Å²) in [4.78, 5) is 10.2. The van der Waals surface area contributed by atoms with E-state index in [0.717, 1.165) is 33.8 Å². The Bertz CT molecular complexity index is 713. The van der Waals surface area contributed by atoms with Crippen molar-refractivity contribution in [3.05, 3.63) is 52.1 Å². The largest absolute Gasteiger partial charge is 0.378 e. The molecule has 3 rings (SSSR count). The van der Waals surface area contributed by atoms with Crippen LogP contribution >= 0.6 is 11.3 Å². The van der Waals surface area contributed by atoms with E-state index in [0.29, 0.717) is 0 Å². The van der Waals surface area contributed by atoms with Crippen LogP contribution in [0.4, 0.5) is 5.69 Å². The van der Waals surface area contributed by atoms with Crippen LogP contribution in [0.15, 0.2) is 36.5 Å². The highest BCUT2D eigenvalue weighted by atomic mass is 32.1. The van der Waals surface area contributed by atoms with Gasteiger partial charge in [0.2, 0.25) is 0 Å². The summed E-state index contributed by atoms with van der Waals surface area (Å²) in [5, 5.41) is 5.74. The molecule has 0 saturated carbocycles. The lowest BCUT2D eigenvalue weighted by molar-refractivity contribution is 1.11. The molecule has 3 aromatic rings. The zero-order valence-corrected chi connectivity index (χ0v) is 11.8. The van der Waals surface area contributed by atoms with E-state index in [1.54, 1.807) is 11.3 Å². The van der Waals surface area contributed by atoms with Crippen molar-refractivity contribution in [2.24, 2.45) is 0 Å². The number of hydrogen-bond donors (Lipinski definition) is 1. The molecular weight excluding hydrogens is 254 g/mol. The van der Waals surface area contributed by atoms with Gasteiger partial charge in [-0.2, -0.15) is 0 Å². The fourth-order valence-electron chi connectivity index (χ4n) is 2.16. The van der Waals surface area contributed by atoms with E-state index in [1.165, 1.54) is 4.88 Å². The number of nitrogens with zero attached hydrogens (tertiary/aromatic N) is 2. The van der Waals surface area contributed by atoms with Crippen LogP contribution in [-0.2, 0) is 6.54 Å². The molecule has 0 unspecified atom stereocenters. The number of rotatable bonds is 3. The number of nitrogens with one attached hydrogen (secondary N) is 1. The van der Waals surface area contributed by atoms with Crippen LogP contribution in [0.2, 0.25) is 0 Å². The molecule has 2 heterocycles. The molecule has 0 radical (unpaired) electrons. The van der Waals surface area contributed by atoms with E-state index in [1.807, 2.05) is 19.2 Å². The molecule has 3 nitrogen and oxygen atoms in total. The Morgan fingerprint density at radius 1 is 1.16 bits per heavy atom. The number of para-hydroxylation sites is 1. The first-order valence-electron chi connectivity index (χ1n) is 6.24. The second kappa shape index (κ2) is 4.97. The molecule has 96 valence electrons. The lowest BCUT2D eigenvalue weighted by atomic mass is 10.2. The Kier molecular flexibility index (Phi) is 3.17. The summed E-state index contributed by atoms with van der Waals surface area (Å²) in [7, 11) is 0. The van der Waals surface area contributed by atoms with Crippen molar-refractivity contribution in [1.29, 1.82) is 0 Å². The molecule has 0 bridgehead atoms. The van der Waals surface area contributed by atoms with E-state index in [4.69, 9.17) is 0 Å². The van der Waals surface area contributed by atoms with Gasteiger partial charge in [-0.3, -0.25) is 4.98 Å². The van der Waals surface area contributed by atoms with Crippen molar-refractivity contribution >= 4 is 27.9 Å². The van der Waals surface area contributed by atoms with Crippen LogP contribution in [0, 0.1) is 13.8 Å². The second-order valence-electron chi connectivity index (χ2n) is 4.48. The van der Waals surface area contributed by atoms with Gasteiger partial charge in [-0.25, -0.2) is 4.98 Å². The smallest absolute Gasteiger partial charge is 0.0933 e. The molecule has 0 fully saturated rings. The predicted octanol–water partition coefficient (Wildman–Crippen LogP) is 3.92. The van der Waals surface area contributed by atoms with E-state index in [2.05, 4.69) is 46.5 Å². The molecule has 2 aromatic heterocycles. The van der Waals surface area contributed by atoms with Crippen molar-refractivity contribution < 1.29 is 0 Å². The van der Waals surface area contributed by atoms with E-state index in [9.17, 15) is 0 Å². The van der Waals surface area contributed by atoms with E-state index in [-0.39, 0.29) is 0 Å².